The van der Waals surface area contributed by atoms with Crippen LogP contribution in [-0.2, 0) is 28.8 Å². The number of aliphatic carboxylic acids is 6. The third-order valence-electron chi connectivity index (χ3n) is 4.39. The van der Waals surface area contributed by atoms with Crippen LogP contribution in [0.15, 0.2) is 0 Å². The van der Waals surface area contributed by atoms with Crippen molar-refractivity contribution in [3.05, 3.63) is 0 Å². The van der Waals surface area contributed by atoms with E-state index in [1.165, 1.54) is 0 Å². The van der Waals surface area contributed by atoms with E-state index in [9.17, 15) is 59.4 Å². The van der Waals surface area contributed by atoms with E-state index in [1.54, 1.807) is 0 Å². The van der Waals surface area contributed by atoms with E-state index in [2.05, 4.69) is 0 Å². The van der Waals surface area contributed by atoms with Gasteiger partial charge < -0.3 is 59.4 Å². The van der Waals surface area contributed by atoms with E-state index in [1.807, 2.05) is 0 Å². The van der Waals surface area contributed by atoms with Gasteiger partial charge in [-0.3, -0.25) is 0 Å². The molecular weight excluding hydrogens is 474 g/mol. The van der Waals surface area contributed by atoms with Gasteiger partial charge in [0, 0.05) is 0 Å². The van der Waals surface area contributed by atoms with Crippen molar-refractivity contribution in [2.75, 3.05) is 0 Å². The fraction of sp³-hybridized carbons (Fsp3) is 0.500. The molecule has 0 saturated heterocycles. The summed E-state index contributed by atoms with van der Waals surface area (Å²) < 4.78 is 0. The molecule has 1 saturated carbocycles. The average molecular weight is 480 g/mol. The monoisotopic (exact) mass is 480 g/mol. The Hall–Kier alpha value is 2.82. The molecule has 0 amide bonds. The van der Waals surface area contributed by atoms with Gasteiger partial charge in [-0.2, -0.15) is 0 Å². The summed E-state index contributed by atoms with van der Waals surface area (Å²) in [6, 6.07) is 0. The molecule has 0 heterocycles. The molecule has 0 radical (unpaired) electrons. The molecule has 1 rings (SSSR count). The third kappa shape index (κ3) is 6.52. The van der Waals surface area contributed by atoms with Crippen LogP contribution >= 0.6 is 0 Å². The van der Waals surface area contributed by atoms with Crippen LogP contribution in [0.1, 0.15) is 19.3 Å². The summed E-state index contributed by atoms with van der Waals surface area (Å²) >= 11 is 0. The average Bonchev–Trinajstić information content (AvgIpc) is 2.43. The third-order valence-corrected chi connectivity index (χ3v) is 4.39. The first-order valence-electron chi connectivity index (χ1n) is 6.16. The zero-order valence-corrected chi connectivity index (χ0v) is 29.5. The van der Waals surface area contributed by atoms with Crippen LogP contribution in [0.3, 0.4) is 0 Å². The maximum Gasteiger partial charge on any atom is 1.00 e. The van der Waals surface area contributed by atoms with Crippen molar-refractivity contribution in [2.24, 2.45) is 16.2 Å². The topological polar surface area (TPSA) is 241 Å². The van der Waals surface area contributed by atoms with Gasteiger partial charge in [0.2, 0.25) is 0 Å². The standard InChI is InChI=1S/C12H12O12.6Na/c13-4(14)10(5(15)16)2-1-3-11(6(17)18,7(19)20)12(10,8(21)22)9(23)24;;;;;;/h1-3H2,(H,13,14)(H,15,16)(H,17,18)(H,19,20)(H,21,22)(H,23,24);;;;;;/q;6*+1/p-6. The first-order chi connectivity index (χ1) is 10.9. The Labute approximate surface area is 302 Å². The molecule has 0 aromatic heterocycles. The fourth-order valence-corrected chi connectivity index (χ4v) is 3.33. The summed E-state index contributed by atoms with van der Waals surface area (Å²) in [5, 5.41) is 68.3. The van der Waals surface area contributed by atoms with Crippen molar-refractivity contribution < 1.29 is 237 Å². The second kappa shape index (κ2) is 17.3. The van der Waals surface area contributed by atoms with Gasteiger partial charge in [-0.05, 0) is 12.8 Å². The number of hydrogen-bond acceptors (Lipinski definition) is 12. The van der Waals surface area contributed by atoms with Crippen molar-refractivity contribution in [3.63, 3.8) is 0 Å². The maximum atomic E-state index is 11.5. The van der Waals surface area contributed by atoms with Gasteiger partial charge in [0.1, 0.15) is 0 Å². The van der Waals surface area contributed by atoms with Crippen LogP contribution in [0.25, 0.3) is 0 Å². The summed E-state index contributed by atoms with van der Waals surface area (Å²) in [6.07, 6.45) is -3.52. The quantitative estimate of drug-likeness (QED) is 0.254. The second-order valence-electron chi connectivity index (χ2n) is 5.14. The minimum Gasteiger partial charge on any atom is -0.549 e. The van der Waals surface area contributed by atoms with Crippen LogP contribution in [0.2, 0.25) is 0 Å². The molecule has 12 nitrogen and oxygen atoms in total. The Bertz CT molecular complexity index is 597. The van der Waals surface area contributed by atoms with Crippen LogP contribution in [-0.4, -0.2) is 35.8 Å². The van der Waals surface area contributed by atoms with Crippen molar-refractivity contribution in [1.29, 1.82) is 0 Å². The van der Waals surface area contributed by atoms with Crippen molar-refractivity contribution >= 4 is 35.8 Å². The number of hydrogen-bond donors (Lipinski definition) is 0. The summed E-state index contributed by atoms with van der Waals surface area (Å²) in [5.74, 6) is -17.9. The molecule has 132 valence electrons. The van der Waals surface area contributed by atoms with Crippen molar-refractivity contribution in [3.8, 4) is 0 Å². The van der Waals surface area contributed by atoms with E-state index in [0.29, 0.717) is 0 Å². The first-order valence-corrected chi connectivity index (χ1v) is 6.16. The Morgan fingerprint density at radius 1 is 0.433 bits per heavy atom. The molecule has 1 fully saturated rings. The number of carboxylic acids is 6. The first kappa shape index (κ1) is 46.2. The molecular formula is C12H6Na6O12. The predicted octanol–water partition coefficient (Wildman–Crippen LogP) is -27.3. The van der Waals surface area contributed by atoms with Crippen LogP contribution in [0.5, 0.6) is 0 Å². The Morgan fingerprint density at radius 2 is 0.633 bits per heavy atom. The van der Waals surface area contributed by atoms with Gasteiger partial charge in [0.15, 0.2) is 0 Å². The SMILES string of the molecule is O=C([O-])C1(C(=O)[O-])CCCC(C(=O)[O-])(C(=O)[O-])C1(C(=O)[O-])C(=O)[O-].[Na+].[Na+].[Na+].[Na+].[Na+].[Na+]. The van der Waals surface area contributed by atoms with E-state index in [-0.39, 0.29) is 177 Å². The van der Waals surface area contributed by atoms with E-state index in [0.717, 1.165) is 0 Å². The summed E-state index contributed by atoms with van der Waals surface area (Å²) in [7, 11) is 0. The zero-order chi connectivity index (χ0) is 19.1. The van der Waals surface area contributed by atoms with Crippen LogP contribution in [0, 0.1) is 16.2 Å². The largest absolute Gasteiger partial charge is 1.00 e. The second-order valence-corrected chi connectivity index (χ2v) is 5.14. The van der Waals surface area contributed by atoms with Crippen LogP contribution in [0.4, 0.5) is 0 Å². The smallest absolute Gasteiger partial charge is 0.549 e. The van der Waals surface area contributed by atoms with Gasteiger partial charge in [0.05, 0.1) is 52.1 Å². The molecule has 30 heavy (non-hydrogen) atoms. The summed E-state index contributed by atoms with van der Waals surface area (Å²) in [5.41, 5.74) is -12.9. The van der Waals surface area contributed by atoms with Crippen LogP contribution < -0.4 is 208 Å². The molecule has 0 aromatic carbocycles. The number of carboxylic acid groups (broad SMARTS) is 6. The minimum atomic E-state index is -4.65. The predicted molar refractivity (Wildman–Crippen MR) is 51.2 cm³/mol. The Morgan fingerprint density at radius 3 is 0.767 bits per heavy atom. The van der Waals surface area contributed by atoms with Gasteiger partial charge in [-0.25, -0.2) is 0 Å². The summed E-state index contributed by atoms with van der Waals surface area (Å²) in [6.45, 7) is 0. The fourth-order valence-electron chi connectivity index (χ4n) is 3.33. The summed E-state index contributed by atoms with van der Waals surface area (Å²) in [4.78, 5) is 68.3. The molecule has 1 aliphatic rings. The number of rotatable bonds is 6. The molecule has 0 spiro atoms. The van der Waals surface area contributed by atoms with E-state index >= 15 is 0 Å². The van der Waals surface area contributed by atoms with E-state index in [4.69, 9.17) is 0 Å². The molecule has 0 N–H and O–H groups in total. The van der Waals surface area contributed by atoms with Gasteiger partial charge in [-0.15, -0.1) is 0 Å². The van der Waals surface area contributed by atoms with Gasteiger partial charge in [0.25, 0.3) is 0 Å². The van der Waals surface area contributed by atoms with Gasteiger partial charge in [-0.1, -0.05) is 6.42 Å². The molecule has 0 bridgehead atoms. The maximum absolute atomic E-state index is 11.5. The van der Waals surface area contributed by atoms with Gasteiger partial charge >= 0.3 is 177 Å². The molecule has 0 atom stereocenters. The molecule has 0 aromatic rings. The molecule has 18 heteroatoms. The Kier molecular flexibility index (Phi) is 26.6. The molecule has 1 aliphatic carbocycles. The minimum absolute atomic E-state index is 0. The van der Waals surface area contributed by atoms with E-state index < -0.39 is 71.3 Å². The van der Waals surface area contributed by atoms with Crippen molar-refractivity contribution in [1.82, 2.24) is 0 Å². The van der Waals surface area contributed by atoms with Crippen molar-refractivity contribution in [2.45, 2.75) is 19.3 Å². The molecule has 0 unspecified atom stereocenters. The normalized spacial score (nSPS) is 16.4. The Balaban J connectivity index is -0.000000240. The molecule has 0 aliphatic heterocycles. The number of carbonyl (C=O) groups excluding carboxylic acids is 6. The zero-order valence-electron chi connectivity index (χ0n) is 17.5. The number of carbonyl (C=O) groups is 6.